The number of anilines is 1. The maximum absolute atomic E-state index is 11.3. The Hall–Kier alpha value is -2.37. The first-order valence-electron chi connectivity index (χ1n) is 5.11. The summed E-state index contributed by atoms with van der Waals surface area (Å²) in [5.74, 6) is -2.01. The molecule has 1 N–H and O–H groups in total. The quantitative estimate of drug-likeness (QED) is 0.795. The molecule has 96 valence electrons. The third kappa shape index (κ3) is 2.65. The molecule has 2 amide bonds. The Bertz CT molecular complexity index is 495. The van der Waals surface area contributed by atoms with E-state index in [1.165, 1.54) is 33.1 Å². The number of hydrogen-bond donors (Lipinski definition) is 1. The Labute approximate surface area is 104 Å². The van der Waals surface area contributed by atoms with Crippen molar-refractivity contribution >= 4 is 23.5 Å². The Morgan fingerprint density at radius 1 is 1.17 bits per heavy atom. The molecule has 0 unspecified atom stereocenters. The molecule has 1 rings (SSSR count). The average Bonchev–Trinajstić information content (AvgIpc) is 2.27. The molecular formula is C12H13NO5. The van der Waals surface area contributed by atoms with E-state index in [0.29, 0.717) is 0 Å². The number of carbonyl (C=O) groups excluding carboxylic acids is 3. The third-order valence-electron chi connectivity index (χ3n) is 2.27. The number of aromatic hydroxyl groups is 1. The number of methoxy groups -OCH3 is 1. The summed E-state index contributed by atoms with van der Waals surface area (Å²) in [6.07, 6.45) is 0. The van der Waals surface area contributed by atoms with Crippen LogP contribution in [0.15, 0.2) is 18.2 Å². The summed E-state index contributed by atoms with van der Waals surface area (Å²) in [4.78, 5) is 34.8. The molecule has 1 aromatic carbocycles. The highest BCUT2D eigenvalue weighted by Crippen LogP contribution is 2.25. The standard InChI is InChI=1S/C12H13NO5/c1-7(14)13(8(2)15)9-4-5-10(11(16)6-9)12(17)18-3/h4-6,16H,1-3H3. The van der Waals surface area contributed by atoms with E-state index in [4.69, 9.17) is 0 Å². The number of imide groups is 1. The highest BCUT2D eigenvalue weighted by Gasteiger charge is 2.19. The molecule has 0 spiro atoms. The zero-order valence-corrected chi connectivity index (χ0v) is 10.3. The molecule has 0 bridgehead atoms. The lowest BCUT2D eigenvalue weighted by molar-refractivity contribution is -0.124. The number of amides is 2. The topological polar surface area (TPSA) is 83.9 Å². The first kappa shape index (κ1) is 13.7. The molecule has 6 heteroatoms. The number of phenolic OH excluding ortho intramolecular Hbond substituents is 1. The second-order valence-corrected chi connectivity index (χ2v) is 3.57. The van der Waals surface area contributed by atoms with Crippen LogP contribution in [0.3, 0.4) is 0 Å². The number of carbonyl (C=O) groups is 3. The number of esters is 1. The van der Waals surface area contributed by atoms with Crippen molar-refractivity contribution < 1.29 is 24.2 Å². The van der Waals surface area contributed by atoms with E-state index in [-0.39, 0.29) is 17.0 Å². The first-order valence-corrected chi connectivity index (χ1v) is 5.11. The monoisotopic (exact) mass is 251 g/mol. The maximum atomic E-state index is 11.3. The van der Waals surface area contributed by atoms with E-state index in [1.54, 1.807) is 0 Å². The van der Waals surface area contributed by atoms with Crippen LogP contribution in [-0.4, -0.2) is 30.0 Å². The van der Waals surface area contributed by atoms with Crippen LogP contribution in [0, 0.1) is 0 Å². The molecule has 0 aliphatic heterocycles. The molecule has 0 saturated heterocycles. The number of benzene rings is 1. The molecule has 18 heavy (non-hydrogen) atoms. The van der Waals surface area contributed by atoms with Gasteiger partial charge in [-0.3, -0.25) is 14.5 Å². The molecule has 6 nitrogen and oxygen atoms in total. The number of nitrogens with zero attached hydrogens (tertiary/aromatic N) is 1. The van der Waals surface area contributed by atoms with Crippen LogP contribution in [-0.2, 0) is 14.3 Å². The highest BCUT2D eigenvalue weighted by molar-refractivity contribution is 6.13. The van der Waals surface area contributed by atoms with E-state index in [2.05, 4.69) is 4.74 Å². The van der Waals surface area contributed by atoms with E-state index in [0.717, 1.165) is 11.0 Å². The molecule has 0 aromatic heterocycles. The van der Waals surface area contributed by atoms with Gasteiger partial charge in [0.2, 0.25) is 11.8 Å². The maximum Gasteiger partial charge on any atom is 0.341 e. The minimum Gasteiger partial charge on any atom is -0.507 e. The molecule has 0 saturated carbocycles. The summed E-state index contributed by atoms with van der Waals surface area (Å²) in [7, 11) is 1.19. The van der Waals surface area contributed by atoms with Crippen molar-refractivity contribution in [2.45, 2.75) is 13.8 Å². The molecule has 0 aliphatic rings. The first-order chi connectivity index (χ1) is 8.38. The van der Waals surface area contributed by atoms with Gasteiger partial charge in [0, 0.05) is 19.9 Å². The summed E-state index contributed by atoms with van der Waals surface area (Å²) in [6, 6.07) is 3.83. The summed E-state index contributed by atoms with van der Waals surface area (Å²) >= 11 is 0. The van der Waals surface area contributed by atoms with Crippen LogP contribution < -0.4 is 4.90 Å². The number of phenols is 1. The van der Waals surface area contributed by atoms with Gasteiger partial charge in [0.15, 0.2) is 0 Å². The van der Waals surface area contributed by atoms with Gasteiger partial charge in [-0.15, -0.1) is 0 Å². The van der Waals surface area contributed by atoms with Crippen molar-refractivity contribution in [3.8, 4) is 5.75 Å². The van der Waals surface area contributed by atoms with Crippen molar-refractivity contribution in [1.29, 1.82) is 0 Å². The van der Waals surface area contributed by atoms with Gasteiger partial charge in [-0.2, -0.15) is 0 Å². The van der Waals surface area contributed by atoms with E-state index < -0.39 is 17.8 Å². The second kappa shape index (κ2) is 5.31. The predicted octanol–water partition coefficient (Wildman–Crippen LogP) is 1.08. The van der Waals surface area contributed by atoms with Crippen molar-refractivity contribution in [3.05, 3.63) is 23.8 Å². The van der Waals surface area contributed by atoms with Gasteiger partial charge in [0.1, 0.15) is 11.3 Å². The fraction of sp³-hybridized carbons (Fsp3) is 0.250. The molecule has 0 radical (unpaired) electrons. The lowest BCUT2D eigenvalue weighted by atomic mass is 10.1. The minimum atomic E-state index is -0.698. The smallest absolute Gasteiger partial charge is 0.341 e. The summed E-state index contributed by atoms with van der Waals surface area (Å²) in [6.45, 7) is 2.46. The van der Waals surface area contributed by atoms with E-state index in [9.17, 15) is 19.5 Å². The van der Waals surface area contributed by atoms with Crippen LogP contribution in [0.25, 0.3) is 0 Å². The van der Waals surface area contributed by atoms with Gasteiger partial charge in [0.05, 0.1) is 12.8 Å². The van der Waals surface area contributed by atoms with Crippen LogP contribution >= 0.6 is 0 Å². The molecule has 0 atom stereocenters. The Kier molecular flexibility index (Phi) is 4.04. The molecule has 0 fully saturated rings. The number of rotatable bonds is 2. The van der Waals surface area contributed by atoms with Crippen LogP contribution in [0.5, 0.6) is 5.75 Å². The number of hydrogen-bond acceptors (Lipinski definition) is 5. The van der Waals surface area contributed by atoms with Gasteiger partial charge in [-0.05, 0) is 12.1 Å². The Morgan fingerprint density at radius 2 is 1.72 bits per heavy atom. The average molecular weight is 251 g/mol. The molecule has 0 heterocycles. The normalized spacial score (nSPS) is 9.72. The van der Waals surface area contributed by atoms with Gasteiger partial charge in [0.25, 0.3) is 0 Å². The zero-order chi connectivity index (χ0) is 13.9. The Morgan fingerprint density at radius 3 is 2.11 bits per heavy atom. The predicted molar refractivity (Wildman–Crippen MR) is 63.3 cm³/mol. The Balaban J connectivity index is 3.21. The van der Waals surface area contributed by atoms with Crippen molar-refractivity contribution in [2.75, 3.05) is 12.0 Å². The summed E-state index contributed by atoms with van der Waals surface area (Å²) < 4.78 is 4.47. The van der Waals surface area contributed by atoms with Crippen LogP contribution in [0.2, 0.25) is 0 Å². The lowest BCUT2D eigenvalue weighted by Gasteiger charge is -2.17. The van der Waals surface area contributed by atoms with Gasteiger partial charge in [-0.25, -0.2) is 4.79 Å². The minimum absolute atomic E-state index is 0.0340. The van der Waals surface area contributed by atoms with E-state index >= 15 is 0 Å². The third-order valence-corrected chi connectivity index (χ3v) is 2.27. The van der Waals surface area contributed by atoms with Crippen molar-refractivity contribution in [3.63, 3.8) is 0 Å². The molecule has 0 aliphatic carbocycles. The highest BCUT2D eigenvalue weighted by atomic mass is 16.5. The summed E-state index contributed by atoms with van der Waals surface area (Å²) in [5, 5.41) is 9.66. The van der Waals surface area contributed by atoms with Crippen LogP contribution in [0.4, 0.5) is 5.69 Å². The van der Waals surface area contributed by atoms with Gasteiger partial charge >= 0.3 is 5.97 Å². The summed E-state index contributed by atoms with van der Waals surface area (Å²) in [5.41, 5.74) is 0.161. The van der Waals surface area contributed by atoms with Crippen molar-refractivity contribution in [2.24, 2.45) is 0 Å². The van der Waals surface area contributed by atoms with E-state index in [1.807, 2.05) is 0 Å². The number of ether oxygens (including phenoxy) is 1. The van der Waals surface area contributed by atoms with Crippen LogP contribution in [0.1, 0.15) is 24.2 Å². The van der Waals surface area contributed by atoms with Crippen molar-refractivity contribution in [1.82, 2.24) is 0 Å². The molecule has 1 aromatic rings. The fourth-order valence-electron chi connectivity index (χ4n) is 1.53. The fourth-order valence-corrected chi connectivity index (χ4v) is 1.53. The lowest BCUT2D eigenvalue weighted by Crippen LogP contribution is -2.33. The van der Waals surface area contributed by atoms with Gasteiger partial charge in [-0.1, -0.05) is 0 Å². The van der Waals surface area contributed by atoms with Gasteiger partial charge < -0.3 is 9.84 Å². The second-order valence-electron chi connectivity index (χ2n) is 3.57. The molecular weight excluding hydrogens is 238 g/mol. The SMILES string of the molecule is COC(=O)c1ccc(N(C(C)=O)C(C)=O)cc1O. The largest absolute Gasteiger partial charge is 0.507 e. The zero-order valence-electron chi connectivity index (χ0n) is 10.3.